The molecule has 3 aromatic rings. The summed E-state index contributed by atoms with van der Waals surface area (Å²) in [5.74, 6) is -0.508. The van der Waals surface area contributed by atoms with Gasteiger partial charge in [0.25, 0.3) is 0 Å². The van der Waals surface area contributed by atoms with Gasteiger partial charge < -0.3 is 5.11 Å². The number of benzene rings is 3. The number of rotatable bonds is 2. The van der Waals surface area contributed by atoms with Gasteiger partial charge in [-0.15, -0.1) is 0 Å². The van der Waals surface area contributed by atoms with Crippen LogP contribution in [0.25, 0.3) is 22.3 Å². The zero-order valence-corrected chi connectivity index (χ0v) is 11.1. The van der Waals surface area contributed by atoms with E-state index in [0.717, 1.165) is 22.3 Å². The van der Waals surface area contributed by atoms with Crippen molar-refractivity contribution in [3.63, 3.8) is 0 Å². The Morgan fingerprint density at radius 1 is 0.524 bits per heavy atom. The van der Waals surface area contributed by atoms with E-state index in [1.807, 2.05) is 6.07 Å². The van der Waals surface area contributed by atoms with Gasteiger partial charge in [-0.05, 0) is 64.7 Å². The second-order valence-corrected chi connectivity index (χ2v) is 4.78. The molecule has 21 heavy (non-hydrogen) atoms. The maximum atomic E-state index is 13.0. The van der Waals surface area contributed by atoms with E-state index in [1.165, 1.54) is 24.3 Å². The van der Waals surface area contributed by atoms with Gasteiger partial charge in [-0.25, -0.2) is 8.78 Å². The highest BCUT2D eigenvalue weighted by Crippen LogP contribution is 2.31. The van der Waals surface area contributed by atoms with Crippen LogP contribution in [0.2, 0.25) is 0 Å². The van der Waals surface area contributed by atoms with Crippen LogP contribution < -0.4 is 0 Å². The van der Waals surface area contributed by atoms with Crippen LogP contribution in [0.4, 0.5) is 8.78 Å². The van der Waals surface area contributed by atoms with Crippen molar-refractivity contribution in [1.29, 1.82) is 0 Å². The lowest BCUT2D eigenvalue weighted by atomic mass is 9.98. The van der Waals surface area contributed by atoms with E-state index in [0.29, 0.717) is 0 Å². The molecule has 0 radical (unpaired) electrons. The number of phenolic OH excluding ortho intramolecular Hbond substituents is 1. The van der Waals surface area contributed by atoms with Crippen LogP contribution in [0, 0.1) is 11.6 Å². The SMILES string of the molecule is Oc1cc(-c2ccc(F)cc2)cc(-c2ccc(F)cc2)c1. The minimum Gasteiger partial charge on any atom is -0.508 e. The third-order valence-electron chi connectivity index (χ3n) is 3.27. The quantitative estimate of drug-likeness (QED) is 0.701. The number of hydrogen-bond donors (Lipinski definition) is 1. The second-order valence-electron chi connectivity index (χ2n) is 4.78. The van der Waals surface area contributed by atoms with E-state index in [2.05, 4.69) is 0 Å². The molecule has 3 heteroatoms. The van der Waals surface area contributed by atoms with Gasteiger partial charge in [-0.2, -0.15) is 0 Å². The highest BCUT2D eigenvalue weighted by atomic mass is 19.1. The molecule has 1 N–H and O–H groups in total. The molecular weight excluding hydrogens is 270 g/mol. The molecule has 0 aromatic heterocycles. The topological polar surface area (TPSA) is 20.2 Å². The predicted octanol–water partition coefficient (Wildman–Crippen LogP) is 5.00. The molecule has 0 unspecified atom stereocenters. The van der Waals surface area contributed by atoms with Gasteiger partial charge in [0.2, 0.25) is 0 Å². The first-order chi connectivity index (χ1) is 10.1. The molecule has 3 aromatic carbocycles. The van der Waals surface area contributed by atoms with Crippen molar-refractivity contribution in [1.82, 2.24) is 0 Å². The molecule has 0 saturated heterocycles. The summed E-state index contributed by atoms with van der Waals surface area (Å²) in [5.41, 5.74) is 3.15. The fraction of sp³-hybridized carbons (Fsp3) is 0. The van der Waals surface area contributed by atoms with Gasteiger partial charge in [0.1, 0.15) is 17.4 Å². The number of hydrogen-bond acceptors (Lipinski definition) is 1. The Morgan fingerprint density at radius 2 is 0.905 bits per heavy atom. The van der Waals surface area contributed by atoms with Gasteiger partial charge in [0.15, 0.2) is 0 Å². The standard InChI is InChI=1S/C18H12F2O/c19-16-5-1-12(2-6-16)14-9-15(11-18(21)10-14)13-3-7-17(20)8-4-13/h1-11,21H. The second kappa shape index (κ2) is 5.37. The molecule has 0 aliphatic rings. The fourth-order valence-corrected chi connectivity index (χ4v) is 2.23. The average Bonchev–Trinajstić information content (AvgIpc) is 2.48. The Labute approximate surface area is 121 Å². The van der Waals surface area contributed by atoms with E-state index in [9.17, 15) is 13.9 Å². The molecule has 1 nitrogen and oxygen atoms in total. The largest absolute Gasteiger partial charge is 0.508 e. The van der Waals surface area contributed by atoms with Crippen LogP contribution in [-0.4, -0.2) is 5.11 Å². The highest BCUT2D eigenvalue weighted by molar-refractivity contribution is 5.75. The van der Waals surface area contributed by atoms with E-state index in [1.54, 1.807) is 36.4 Å². The van der Waals surface area contributed by atoms with Gasteiger partial charge in [0, 0.05) is 0 Å². The van der Waals surface area contributed by atoms with E-state index in [4.69, 9.17) is 0 Å². The molecule has 0 heterocycles. The Hall–Kier alpha value is -2.68. The molecular formula is C18H12F2O. The number of aromatic hydroxyl groups is 1. The Balaban J connectivity index is 2.07. The number of halogens is 2. The van der Waals surface area contributed by atoms with Crippen LogP contribution in [-0.2, 0) is 0 Å². The first-order valence-electron chi connectivity index (χ1n) is 6.48. The van der Waals surface area contributed by atoms with Crippen LogP contribution in [0.5, 0.6) is 5.75 Å². The highest BCUT2D eigenvalue weighted by Gasteiger charge is 2.05. The zero-order chi connectivity index (χ0) is 14.8. The smallest absolute Gasteiger partial charge is 0.123 e. The van der Waals surface area contributed by atoms with E-state index in [-0.39, 0.29) is 17.4 Å². The van der Waals surface area contributed by atoms with Crippen molar-refractivity contribution >= 4 is 0 Å². The lowest BCUT2D eigenvalue weighted by Gasteiger charge is -2.08. The molecule has 0 fully saturated rings. The van der Waals surface area contributed by atoms with Crippen molar-refractivity contribution < 1.29 is 13.9 Å². The first kappa shape index (κ1) is 13.3. The Bertz CT molecular complexity index is 698. The third kappa shape index (κ3) is 2.92. The lowest BCUT2D eigenvalue weighted by molar-refractivity contribution is 0.476. The lowest BCUT2D eigenvalue weighted by Crippen LogP contribution is -1.83. The van der Waals surface area contributed by atoms with Crippen molar-refractivity contribution in [2.24, 2.45) is 0 Å². The van der Waals surface area contributed by atoms with Gasteiger partial charge in [-0.3, -0.25) is 0 Å². The van der Waals surface area contributed by atoms with Crippen LogP contribution in [0.15, 0.2) is 66.7 Å². The van der Waals surface area contributed by atoms with Gasteiger partial charge in [-0.1, -0.05) is 24.3 Å². The monoisotopic (exact) mass is 282 g/mol. The summed E-state index contributed by atoms with van der Waals surface area (Å²) in [6, 6.07) is 17.2. The van der Waals surface area contributed by atoms with Crippen LogP contribution in [0.3, 0.4) is 0 Å². The maximum Gasteiger partial charge on any atom is 0.123 e. The molecule has 104 valence electrons. The summed E-state index contributed by atoms with van der Waals surface area (Å²) in [6.45, 7) is 0. The first-order valence-corrected chi connectivity index (χ1v) is 6.48. The normalized spacial score (nSPS) is 10.6. The Kier molecular flexibility index (Phi) is 3.40. The van der Waals surface area contributed by atoms with Gasteiger partial charge in [0.05, 0.1) is 0 Å². The molecule has 0 atom stereocenters. The van der Waals surface area contributed by atoms with Crippen LogP contribution in [0.1, 0.15) is 0 Å². The third-order valence-corrected chi connectivity index (χ3v) is 3.27. The summed E-state index contributed by atoms with van der Waals surface area (Å²) in [5, 5.41) is 9.88. The van der Waals surface area contributed by atoms with E-state index < -0.39 is 0 Å². The zero-order valence-electron chi connectivity index (χ0n) is 11.1. The van der Waals surface area contributed by atoms with Gasteiger partial charge >= 0.3 is 0 Å². The van der Waals surface area contributed by atoms with E-state index >= 15 is 0 Å². The summed E-state index contributed by atoms with van der Waals surface area (Å²) < 4.78 is 26.0. The molecule has 0 amide bonds. The maximum absolute atomic E-state index is 13.0. The van der Waals surface area contributed by atoms with Crippen molar-refractivity contribution in [3.05, 3.63) is 78.4 Å². The summed E-state index contributed by atoms with van der Waals surface area (Å²) in [6.07, 6.45) is 0. The molecule has 0 aliphatic carbocycles. The molecule has 0 aliphatic heterocycles. The predicted molar refractivity (Wildman–Crippen MR) is 78.9 cm³/mol. The van der Waals surface area contributed by atoms with Crippen molar-refractivity contribution in [2.75, 3.05) is 0 Å². The summed E-state index contributed by atoms with van der Waals surface area (Å²) in [7, 11) is 0. The number of phenols is 1. The molecule has 0 saturated carbocycles. The van der Waals surface area contributed by atoms with Crippen LogP contribution >= 0.6 is 0 Å². The molecule has 0 spiro atoms. The van der Waals surface area contributed by atoms with Crippen molar-refractivity contribution in [2.45, 2.75) is 0 Å². The minimum atomic E-state index is -0.308. The summed E-state index contributed by atoms with van der Waals surface area (Å²) in [4.78, 5) is 0. The minimum absolute atomic E-state index is 0.108. The molecule has 3 rings (SSSR count). The summed E-state index contributed by atoms with van der Waals surface area (Å²) >= 11 is 0. The van der Waals surface area contributed by atoms with Crippen molar-refractivity contribution in [3.8, 4) is 28.0 Å². The average molecular weight is 282 g/mol. The fourth-order valence-electron chi connectivity index (χ4n) is 2.23. The Morgan fingerprint density at radius 3 is 1.29 bits per heavy atom. The molecule has 0 bridgehead atoms.